The van der Waals surface area contributed by atoms with Crippen LogP contribution in [0.15, 0.2) is 24.3 Å². The van der Waals surface area contributed by atoms with Crippen LogP contribution in [0.5, 0.6) is 0 Å². The summed E-state index contributed by atoms with van der Waals surface area (Å²) in [6.07, 6.45) is 1.22. The van der Waals surface area contributed by atoms with Crippen LogP contribution in [0.4, 0.5) is 0 Å². The van der Waals surface area contributed by atoms with Gasteiger partial charge in [0, 0.05) is 11.4 Å². The summed E-state index contributed by atoms with van der Waals surface area (Å²) in [5.74, 6) is 0.242. The number of carbonyl (C=O) groups is 1. The predicted molar refractivity (Wildman–Crippen MR) is 81.8 cm³/mol. The van der Waals surface area contributed by atoms with E-state index in [-0.39, 0.29) is 5.78 Å². The number of hydrogen-bond donors (Lipinski definition) is 0. The van der Waals surface area contributed by atoms with E-state index in [1.54, 1.807) is 0 Å². The van der Waals surface area contributed by atoms with Crippen molar-refractivity contribution in [3.05, 3.63) is 34.9 Å². The minimum absolute atomic E-state index is 0.242. The molecule has 106 valence electrons. The highest BCUT2D eigenvalue weighted by Gasteiger charge is 2.35. The van der Waals surface area contributed by atoms with Gasteiger partial charge >= 0.3 is 0 Å². The zero-order chi connectivity index (χ0) is 14.5. The Kier molecular flexibility index (Phi) is 6.02. The molecule has 1 rings (SSSR count). The van der Waals surface area contributed by atoms with E-state index in [4.69, 9.17) is 11.6 Å². The SMILES string of the molecule is CCN(CC)C(C)(CC)C(=O)Cc1ccccc1Cl. The number of halogens is 1. The molecule has 0 aliphatic carbocycles. The van der Waals surface area contributed by atoms with Crippen LogP contribution in [0.3, 0.4) is 0 Å². The van der Waals surface area contributed by atoms with Gasteiger partial charge in [0.05, 0.1) is 5.54 Å². The molecule has 0 aliphatic heterocycles. The molecule has 1 atom stereocenters. The molecule has 19 heavy (non-hydrogen) atoms. The fourth-order valence-corrected chi connectivity index (χ4v) is 2.73. The molecule has 0 heterocycles. The third-order valence-corrected chi connectivity index (χ3v) is 4.43. The fourth-order valence-electron chi connectivity index (χ4n) is 2.52. The molecule has 0 fully saturated rings. The van der Waals surface area contributed by atoms with E-state index in [1.165, 1.54) is 0 Å². The summed E-state index contributed by atoms with van der Waals surface area (Å²) >= 11 is 6.14. The van der Waals surface area contributed by atoms with Gasteiger partial charge < -0.3 is 0 Å². The minimum atomic E-state index is -0.400. The summed E-state index contributed by atoms with van der Waals surface area (Å²) in [5.41, 5.74) is 0.517. The molecule has 0 saturated carbocycles. The van der Waals surface area contributed by atoms with Crippen LogP contribution >= 0.6 is 11.6 Å². The van der Waals surface area contributed by atoms with E-state index < -0.39 is 5.54 Å². The lowest BCUT2D eigenvalue weighted by Gasteiger charge is -2.38. The smallest absolute Gasteiger partial charge is 0.157 e. The van der Waals surface area contributed by atoms with E-state index in [9.17, 15) is 4.79 Å². The summed E-state index contributed by atoms with van der Waals surface area (Å²) in [6.45, 7) is 10.1. The molecule has 2 nitrogen and oxygen atoms in total. The maximum atomic E-state index is 12.7. The van der Waals surface area contributed by atoms with Crippen LogP contribution in [0.25, 0.3) is 0 Å². The Balaban J connectivity index is 2.94. The van der Waals surface area contributed by atoms with Gasteiger partial charge in [-0.05, 0) is 38.1 Å². The van der Waals surface area contributed by atoms with Crippen molar-refractivity contribution in [3.8, 4) is 0 Å². The van der Waals surface area contributed by atoms with Gasteiger partial charge in [0.1, 0.15) is 0 Å². The highest BCUT2D eigenvalue weighted by atomic mass is 35.5. The molecule has 0 radical (unpaired) electrons. The zero-order valence-corrected chi connectivity index (χ0v) is 13.1. The standard InChI is InChI=1S/C16H24ClNO/c1-5-16(4,18(6-2)7-3)15(19)12-13-10-8-9-11-14(13)17/h8-11H,5-7,12H2,1-4H3. The number of nitrogens with zero attached hydrogens (tertiary/aromatic N) is 1. The monoisotopic (exact) mass is 281 g/mol. The summed E-state index contributed by atoms with van der Waals surface area (Å²) in [4.78, 5) is 14.9. The van der Waals surface area contributed by atoms with E-state index in [1.807, 2.05) is 31.2 Å². The van der Waals surface area contributed by atoms with Crippen molar-refractivity contribution in [1.29, 1.82) is 0 Å². The van der Waals surface area contributed by atoms with Gasteiger partial charge in [-0.2, -0.15) is 0 Å². The fraction of sp³-hybridized carbons (Fsp3) is 0.562. The lowest BCUT2D eigenvalue weighted by atomic mass is 9.87. The lowest BCUT2D eigenvalue weighted by Crippen LogP contribution is -2.52. The number of hydrogen-bond acceptors (Lipinski definition) is 2. The van der Waals surface area contributed by atoms with Crippen molar-refractivity contribution in [2.24, 2.45) is 0 Å². The molecule has 0 amide bonds. The summed E-state index contributed by atoms with van der Waals surface area (Å²) in [6, 6.07) is 7.58. The van der Waals surface area contributed by atoms with Gasteiger partial charge in [0.25, 0.3) is 0 Å². The lowest BCUT2D eigenvalue weighted by molar-refractivity contribution is -0.129. The first-order valence-electron chi connectivity index (χ1n) is 7.01. The average Bonchev–Trinajstić information content (AvgIpc) is 2.42. The average molecular weight is 282 g/mol. The van der Waals surface area contributed by atoms with E-state index >= 15 is 0 Å². The number of likely N-dealkylation sites (N-methyl/N-ethyl adjacent to an activating group) is 1. The first-order chi connectivity index (χ1) is 8.99. The number of ketones is 1. The number of rotatable bonds is 7. The number of carbonyl (C=O) groups excluding carboxylic acids is 1. The van der Waals surface area contributed by atoms with Gasteiger partial charge in [-0.15, -0.1) is 0 Å². The second-order valence-electron chi connectivity index (χ2n) is 4.99. The Labute approximate surface area is 121 Å². The number of Topliss-reactive ketones (excluding diaryl/α,β-unsaturated/α-hetero) is 1. The van der Waals surface area contributed by atoms with Crippen LogP contribution in [0.1, 0.15) is 39.7 Å². The molecule has 0 bridgehead atoms. The normalized spacial score (nSPS) is 14.4. The van der Waals surface area contributed by atoms with Crippen molar-refractivity contribution >= 4 is 17.4 Å². The Morgan fingerprint density at radius 1 is 1.21 bits per heavy atom. The first-order valence-corrected chi connectivity index (χ1v) is 7.39. The maximum Gasteiger partial charge on any atom is 0.157 e. The van der Waals surface area contributed by atoms with Crippen molar-refractivity contribution < 1.29 is 4.79 Å². The first kappa shape index (κ1) is 16.2. The maximum absolute atomic E-state index is 12.7. The molecule has 0 spiro atoms. The Morgan fingerprint density at radius 2 is 1.79 bits per heavy atom. The topological polar surface area (TPSA) is 20.3 Å². The predicted octanol–water partition coefficient (Wildman–Crippen LogP) is 3.96. The third kappa shape index (κ3) is 3.58. The third-order valence-electron chi connectivity index (χ3n) is 4.06. The largest absolute Gasteiger partial charge is 0.297 e. The molecule has 1 unspecified atom stereocenters. The van der Waals surface area contributed by atoms with Gasteiger partial charge in [-0.3, -0.25) is 9.69 Å². The second kappa shape index (κ2) is 7.06. The van der Waals surface area contributed by atoms with Crippen LogP contribution in [-0.4, -0.2) is 29.3 Å². The van der Waals surface area contributed by atoms with Crippen LogP contribution < -0.4 is 0 Å². The molecule has 0 aliphatic rings. The molecule has 0 N–H and O–H groups in total. The zero-order valence-electron chi connectivity index (χ0n) is 12.4. The molecular weight excluding hydrogens is 258 g/mol. The van der Waals surface area contributed by atoms with Crippen molar-refractivity contribution in [2.45, 2.75) is 46.1 Å². The Bertz CT molecular complexity index is 429. The minimum Gasteiger partial charge on any atom is -0.297 e. The second-order valence-corrected chi connectivity index (χ2v) is 5.40. The molecular formula is C16H24ClNO. The van der Waals surface area contributed by atoms with Crippen molar-refractivity contribution in [3.63, 3.8) is 0 Å². The Morgan fingerprint density at radius 3 is 2.26 bits per heavy atom. The van der Waals surface area contributed by atoms with E-state index in [2.05, 4.69) is 25.7 Å². The highest BCUT2D eigenvalue weighted by molar-refractivity contribution is 6.31. The van der Waals surface area contributed by atoms with E-state index in [0.717, 1.165) is 25.1 Å². The van der Waals surface area contributed by atoms with Gasteiger partial charge in [-0.25, -0.2) is 0 Å². The molecule has 1 aromatic carbocycles. The van der Waals surface area contributed by atoms with Crippen LogP contribution in [0.2, 0.25) is 5.02 Å². The van der Waals surface area contributed by atoms with Gasteiger partial charge in [-0.1, -0.05) is 50.6 Å². The van der Waals surface area contributed by atoms with Crippen molar-refractivity contribution in [2.75, 3.05) is 13.1 Å². The summed E-state index contributed by atoms with van der Waals surface area (Å²) in [7, 11) is 0. The highest BCUT2D eigenvalue weighted by Crippen LogP contribution is 2.24. The van der Waals surface area contributed by atoms with Gasteiger partial charge in [0.2, 0.25) is 0 Å². The number of benzene rings is 1. The van der Waals surface area contributed by atoms with Crippen molar-refractivity contribution in [1.82, 2.24) is 4.90 Å². The quantitative estimate of drug-likeness (QED) is 0.754. The van der Waals surface area contributed by atoms with Crippen LogP contribution in [-0.2, 0) is 11.2 Å². The summed E-state index contributed by atoms with van der Waals surface area (Å²) < 4.78 is 0. The van der Waals surface area contributed by atoms with Crippen LogP contribution in [0, 0.1) is 0 Å². The molecule has 0 saturated heterocycles. The molecule has 0 aromatic heterocycles. The molecule has 3 heteroatoms. The molecule has 1 aromatic rings. The summed E-state index contributed by atoms with van der Waals surface area (Å²) in [5, 5.41) is 0.675. The van der Waals surface area contributed by atoms with Gasteiger partial charge in [0.15, 0.2) is 5.78 Å². The van der Waals surface area contributed by atoms with E-state index in [0.29, 0.717) is 11.4 Å². The Hall–Kier alpha value is -0.860.